The topological polar surface area (TPSA) is 66.0 Å². The summed E-state index contributed by atoms with van der Waals surface area (Å²) < 4.78 is 10.0. The van der Waals surface area contributed by atoms with Gasteiger partial charge in [-0.15, -0.1) is 0 Å². The maximum Gasteiger partial charge on any atom is 0.181 e. The number of hydrogen-bond acceptors (Lipinski definition) is 4. The molecule has 0 radical (unpaired) electrons. The van der Waals surface area contributed by atoms with Crippen molar-refractivity contribution in [3.8, 4) is 23.6 Å². The lowest BCUT2D eigenvalue weighted by Gasteiger charge is -2.04. The van der Waals surface area contributed by atoms with Gasteiger partial charge in [0.1, 0.15) is 0 Å². The van der Waals surface area contributed by atoms with Crippen LogP contribution in [0.1, 0.15) is 0 Å². The molecule has 0 saturated carbocycles. The van der Waals surface area contributed by atoms with E-state index in [0.29, 0.717) is 0 Å². The van der Waals surface area contributed by atoms with Crippen LogP contribution in [0.2, 0.25) is 0 Å². The highest BCUT2D eigenvalue weighted by molar-refractivity contribution is 5.38. The first-order chi connectivity index (χ1) is 6.79. The third-order valence-corrected chi connectivity index (χ3v) is 1.34. The zero-order chi connectivity index (χ0) is 10.8. The first kappa shape index (κ1) is 11.8. The van der Waals surface area contributed by atoms with E-state index in [4.69, 9.17) is 20.0 Å². The Bertz CT molecular complexity index is 315. The summed E-state index contributed by atoms with van der Waals surface area (Å²) in [5, 5.41) is 14.5. The van der Waals surface area contributed by atoms with Crippen molar-refractivity contribution in [2.75, 3.05) is 14.2 Å². The Kier molecular flexibility index (Phi) is 6.28. The zero-order valence-corrected chi connectivity index (χ0v) is 8.02. The van der Waals surface area contributed by atoms with Gasteiger partial charge in [-0.1, -0.05) is 12.1 Å². The standard InChI is InChI=1S/C8H10O2.C2N2/c1-9-7-5-3-4-6-8(7)10-2;3-1-2-4/h3-6H,1-2H3;. The highest BCUT2D eigenvalue weighted by atomic mass is 16.5. The van der Waals surface area contributed by atoms with Gasteiger partial charge in [0, 0.05) is 0 Å². The highest BCUT2D eigenvalue weighted by Crippen LogP contribution is 2.24. The van der Waals surface area contributed by atoms with Crippen molar-refractivity contribution in [3.05, 3.63) is 24.3 Å². The van der Waals surface area contributed by atoms with Crippen LogP contribution in [0.5, 0.6) is 11.5 Å². The lowest BCUT2D eigenvalue weighted by Crippen LogP contribution is -1.88. The number of nitrogens with zero attached hydrogens (tertiary/aromatic N) is 2. The molecule has 0 amide bonds. The monoisotopic (exact) mass is 190 g/mol. The van der Waals surface area contributed by atoms with Crippen LogP contribution < -0.4 is 9.47 Å². The van der Waals surface area contributed by atoms with Gasteiger partial charge in [0.15, 0.2) is 23.6 Å². The highest BCUT2D eigenvalue weighted by Gasteiger charge is 1.97. The van der Waals surface area contributed by atoms with E-state index in [9.17, 15) is 0 Å². The summed E-state index contributed by atoms with van der Waals surface area (Å²) in [7, 11) is 3.25. The van der Waals surface area contributed by atoms with Gasteiger partial charge in [-0.05, 0) is 12.1 Å². The summed E-state index contributed by atoms with van der Waals surface area (Å²) >= 11 is 0. The Balaban J connectivity index is 0.000000364. The average molecular weight is 190 g/mol. The lowest BCUT2D eigenvalue weighted by molar-refractivity contribution is 0.355. The first-order valence-corrected chi connectivity index (χ1v) is 3.75. The minimum Gasteiger partial charge on any atom is -0.493 e. The molecule has 72 valence electrons. The SMILES string of the molecule is COc1ccccc1OC.N#CC#N. The van der Waals surface area contributed by atoms with Crippen molar-refractivity contribution >= 4 is 0 Å². The minimum atomic E-state index is 0.769. The maximum atomic E-state index is 7.26. The zero-order valence-electron chi connectivity index (χ0n) is 8.02. The summed E-state index contributed by atoms with van der Waals surface area (Å²) in [6, 6.07) is 10.0. The number of hydrogen-bond donors (Lipinski definition) is 0. The largest absolute Gasteiger partial charge is 0.493 e. The fourth-order valence-electron chi connectivity index (χ4n) is 0.787. The Morgan fingerprint density at radius 1 is 0.929 bits per heavy atom. The summed E-state index contributed by atoms with van der Waals surface area (Å²) in [6.07, 6.45) is 0. The summed E-state index contributed by atoms with van der Waals surface area (Å²) in [5.41, 5.74) is 0. The Morgan fingerprint density at radius 2 is 1.29 bits per heavy atom. The molecular formula is C10H10N2O2. The molecule has 0 heterocycles. The summed E-state index contributed by atoms with van der Waals surface area (Å²) in [6.45, 7) is 0. The van der Waals surface area contributed by atoms with Crippen LogP contribution in [0.15, 0.2) is 24.3 Å². The molecule has 0 aliphatic rings. The molecule has 0 aromatic heterocycles. The maximum absolute atomic E-state index is 7.26. The number of para-hydroxylation sites is 2. The summed E-state index contributed by atoms with van der Waals surface area (Å²) in [4.78, 5) is 0. The predicted octanol–water partition coefficient (Wildman–Crippen LogP) is 1.74. The third kappa shape index (κ3) is 3.99. The van der Waals surface area contributed by atoms with Crippen LogP contribution in [0.4, 0.5) is 0 Å². The molecule has 0 fully saturated rings. The van der Waals surface area contributed by atoms with Gasteiger partial charge < -0.3 is 9.47 Å². The number of nitriles is 2. The van der Waals surface area contributed by atoms with E-state index in [0.717, 1.165) is 11.5 Å². The van der Waals surface area contributed by atoms with Gasteiger partial charge in [0.25, 0.3) is 0 Å². The van der Waals surface area contributed by atoms with E-state index in [1.165, 1.54) is 12.1 Å². The molecule has 0 aliphatic carbocycles. The van der Waals surface area contributed by atoms with Gasteiger partial charge in [-0.3, -0.25) is 0 Å². The summed E-state index contributed by atoms with van der Waals surface area (Å²) in [5.74, 6) is 1.54. The molecule has 4 nitrogen and oxygen atoms in total. The fraction of sp³-hybridized carbons (Fsp3) is 0.200. The molecule has 0 unspecified atom stereocenters. The number of ether oxygens (including phenoxy) is 2. The van der Waals surface area contributed by atoms with Crippen molar-refractivity contribution in [3.63, 3.8) is 0 Å². The van der Waals surface area contributed by atoms with Gasteiger partial charge in [0.2, 0.25) is 0 Å². The second kappa shape index (κ2) is 7.45. The molecule has 1 rings (SSSR count). The van der Waals surface area contributed by atoms with Crippen LogP contribution >= 0.6 is 0 Å². The molecule has 0 aliphatic heterocycles. The number of benzene rings is 1. The van der Waals surface area contributed by atoms with Crippen LogP contribution in [0, 0.1) is 22.7 Å². The predicted molar refractivity (Wildman–Crippen MR) is 50.8 cm³/mol. The van der Waals surface area contributed by atoms with E-state index < -0.39 is 0 Å². The van der Waals surface area contributed by atoms with Gasteiger partial charge in [-0.2, -0.15) is 10.5 Å². The molecule has 14 heavy (non-hydrogen) atoms. The number of methoxy groups -OCH3 is 2. The van der Waals surface area contributed by atoms with Crippen LogP contribution in [0.25, 0.3) is 0 Å². The second-order valence-electron chi connectivity index (χ2n) is 2.08. The lowest BCUT2D eigenvalue weighted by atomic mass is 10.3. The number of rotatable bonds is 2. The minimum absolute atomic E-state index is 0.769. The van der Waals surface area contributed by atoms with E-state index in [2.05, 4.69) is 0 Å². The molecule has 1 aromatic carbocycles. The van der Waals surface area contributed by atoms with E-state index >= 15 is 0 Å². The van der Waals surface area contributed by atoms with Gasteiger partial charge in [-0.25, -0.2) is 0 Å². The first-order valence-electron chi connectivity index (χ1n) is 3.75. The van der Waals surface area contributed by atoms with Crippen LogP contribution in [-0.2, 0) is 0 Å². The second-order valence-corrected chi connectivity index (χ2v) is 2.08. The molecule has 4 heteroatoms. The van der Waals surface area contributed by atoms with E-state index in [-0.39, 0.29) is 0 Å². The molecule has 0 saturated heterocycles. The normalized spacial score (nSPS) is 7.14. The average Bonchev–Trinajstić information content (AvgIpc) is 2.29. The molecule has 0 N–H and O–H groups in total. The Labute approximate surface area is 82.9 Å². The fourth-order valence-corrected chi connectivity index (χ4v) is 0.787. The van der Waals surface area contributed by atoms with Crippen molar-refractivity contribution < 1.29 is 9.47 Å². The third-order valence-electron chi connectivity index (χ3n) is 1.34. The molecule has 1 aromatic rings. The molecule has 0 atom stereocenters. The van der Waals surface area contributed by atoms with Crippen molar-refractivity contribution in [1.29, 1.82) is 10.5 Å². The Morgan fingerprint density at radius 3 is 1.50 bits per heavy atom. The van der Waals surface area contributed by atoms with Crippen LogP contribution in [0.3, 0.4) is 0 Å². The Hall–Kier alpha value is -2.20. The molecular weight excluding hydrogens is 180 g/mol. The van der Waals surface area contributed by atoms with Gasteiger partial charge in [0.05, 0.1) is 14.2 Å². The van der Waals surface area contributed by atoms with Gasteiger partial charge >= 0.3 is 0 Å². The molecule has 0 bridgehead atoms. The van der Waals surface area contributed by atoms with Crippen LogP contribution in [-0.4, -0.2) is 14.2 Å². The van der Waals surface area contributed by atoms with Crippen molar-refractivity contribution in [2.45, 2.75) is 0 Å². The van der Waals surface area contributed by atoms with Crippen molar-refractivity contribution in [2.24, 2.45) is 0 Å². The molecule has 0 spiro atoms. The smallest absolute Gasteiger partial charge is 0.181 e. The van der Waals surface area contributed by atoms with E-state index in [1.807, 2.05) is 24.3 Å². The van der Waals surface area contributed by atoms with Crippen molar-refractivity contribution in [1.82, 2.24) is 0 Å². The van der Waals surface area contributed by atoms with E-state index in [1.54, 1.807) is 14.2 Å². The quantitative estimate of drug-likeness (QED) is 0.712.